The van der Waals surface area contributed by atoms with Gasteiger partial charge in [-0.2, -0.15) is 0 Å². The lowest BCUT2D eigenvalue weighted by Crippen LogP contribution is -2.39. The van der Waals surface area contributed by atoms with Gasteiger partial charge in [-0.05, 0) is 24.5 Å². The smallest absolute Gasteiger partial charge is 0.251 e. The van der Waals surface area contributed by atoms with E-state index < -0.39 is 0 Å². The van der Waals surface area contributed by atoms with Crippen LogP contribution in [0.5, 0.6) is 0 Å². The molecule has 4 nitrogen and oxygen atoms in total. The standard InChI is InChI=1S/C14H18N2O2/c1-3-10-9-15-7-5-11(10)14(17)16-12-6-8-18-13(12)4-2/h4-5,7,9,12-13H,2-3,6,8H2,1H3,(H,16,17)/t12-,13+/m1/s1. The molecule has 0 spiro atoms. The van der Waals surface area contributed by atoms with Crippen LogP contribution in [0.15, 0.2) is 31.1 Å². The molecule has 1 aliphatic heterocycles. The van der Waals surface area contributed by atoms with Crippen molar-refractivity contribution in [1.29, 1.82) is 0 Å². The van der Waals surface area contributed by atoms with E-state index in [0.29, 0.717) is 12.2 Å². The number of amides is 1. The molecule has 0 aliphatic carbocycles. The molecule has 2 atom stereocenters. The second-order valence-electron chi connectivity index (χ2n) is 4.33. The summed E-state index contributed by atoms with van der Waals surface area (Å²) in [5, 5.41) is 3.01. The Labute approximate surface area is 107 Å². The van der Waals surface area contributed by atoms with Crippen molar-refractivity contribution in [1.82, 2.24) is 10.3 Å². The van der Waals surface area contributed by atoms with Gasteiger partial charge in [-0.1, -0.05) is 13.0 Å². The number of nitrogens with zero attached hydrogens (tertiary/aromatic N) is 1. The second kappa shape index (κ2) is 5.78. The summed E-state index contributed by atoms with van der Waals surface area (Å²) < 4.78 is 5.46. The van der Waals surface area contributed by atoms with Crippen LogP contribution in [0.25, 0.3) is 0 Å². The first-order valence-corrected chi connectivity index (χ1v) is 6.24. The van der Waals surface area contributed by atoms with E-state index >= 15 is 0 Å². The molecule has 1 fully saturated rings. The van der Waals surface area contributed by atoms with Crippen LogP contribution >= 0.6 is 0 Å². The van der Waals surface area contributed by atoms with E-state index in [2.05, 4.69) is 16.9 Å². The Balaban J connectivity index is 2.09. The summed E-state index contributed by atoms with van der Waals surface area (Å²) >= 11 is 0. The maximum atomic E-state index is 12.2. The van der Waals surface area contributed by atoms with Gasteiger partial charge in [-0.15, -0.1) is 6.58 Å². The quantitative estimate of drug-likeness (QED) is 0.823. The molecular weight excluding hydrogens is 228 g/mol. The monoisotopic (exact) mass is 246 g/mol. The number of carbonyl (C=O) groups is 1. The number of aromatic nitrogens is 1. The lowest BCUT2D eigenvalue weighted by atomic mass is 10.1. The number of hydrogen-bond donors (Lipinski definition) is 1. The molecule has 0 saturated carbocycles. The molecule has 96 valence electrons. The highest BCUT2D eigenvalue weighted by molar-refractivity contribution is 5.95. The van der Waals surface area contributed by atoms with Crippen LogP contribution in [0.2, 0.25) is 0 Å². The van der Waals surface area contributed by atoms with Gasteiger partial charge in [0.1, 0.15) is 0 Å². The number of hydrogen-bond acceptors (Lipinski definition) is 3. The Morgan fingerprint density at radius 2 is 2.56 bits per heavy atom. The van der Waals surface area contributed by atoms with Crippen LogP contribution in [0.4, 0.5) is 0 Å². The first kappa shape index (κ1) is 12.8. The molecule has 0 aromatic carbocycles. The van der Waals surface area contributed by atoms with Crippen molar-refractivity contribution in [2.75, 3.05) is 6.61 Å². The fourth-order valence-corrected chi connectivity index (χ4v) is 2.17. The zero-order chi connectivity index (χ0) is 13.0. The number of pyridine rings is 1. The SMILES string of the molecule is C=C[C@@H]1OCC[C@H]1NC(=O)c1ccncc1CC. The van der Waals surface area contributed by atoms with Gasteiger partial charge in [-0.3, -0.25) is 9.78 Å². The van der Waals surface area contributed by atoms with Gasteiger partial charge in [0.2, 0.25) is 0 Å². The second-order valence-corrected chi connectivity index (χ2v) is 4.33. The van der Waals surface area contributed by atoms with Crippen molar-refractivity contribution < 1.29 is 9.53 Å². The number of aryl methyl sites for hydroxylation is 1. The number of carbonyl (C=O) groups excluding carboxylic acids is 1. The van der Waals surface area contributed by atoms with Crippen molar-refractivity contribution in [3.05, 3.63) is 42.2 Å². The molecule has 0 radical (unpaired) electrons. The average molecular weight is 246 g/mol. The van der Waals surface area contributed by atoms with Crippen molar-refractivity contribution >= 4 is 5.91 Å². The average Bonchev–Trinajstić information content (AvgIpc) is 2.85. The Hall–Kier alpha value is -1.68. The Morgan fingerprint density at radius 3 is 3.28 bits per heavy atom. The predicted molar refractivity (Wildman–Crippen MR) is 69.4 cm³/mol. The van der Waals surface area contributed by atoms with Crippen molar-refractivity contribution in [3.8, 4) is 0 Å². The third kappa shape index (κ3) is 2.59. The molecule has 1 saturated heterocycles. The number of rotatable bonds is 4. The lowest BCUT2D eigenvalue weighted by Gasteiger charge is -2.17. The minimum absolute atomic E-state index is 0.0212. The van der Waals surface area contributed by atoms with Crippen LogP contribution in [0.1, 0.15) is 29.3 Å². The zero-order valence-electron chi connectivity index (χ0n) is 10.6. The van der Waals surface area contributed by atoms with Gasteiger partial charge in [0.05, 0.1) is 12.1 Å². The van der Waals surface area contributed by atoms with Gasteiger partial charge in [0.25, 0.3) is 5.91 Å². The predicted octanol–water partition coefficient (Wildman–Crippen LogP) is 1.72. The van der Waals surface area contributed by atoms with Gasteiger partial charge in [-0.25, -0.2) is 0 Å². The Morgan fingerprint density at radius 1 is 1.72 bits per heavy atom. The van der Waals surface area contributed by atoms with E-state index in [1.165, 1.54) is 0 Å². The first-order valence-electron chi connectivity index (χ1n) is 6.24. The summed E-state index contributed by atoms with van der Waals surface area (Å²) in [5.74, 6) is -0.0587. The molecule has 2 heterocycles. The Bertz CT molecular complexity index is 445. The van der Waals surface area contributed by atoms with E-state index in [4.69, 9.17) is 4.74 Å². The van der Waals surface area contributed by atoms with Crippen molar-refractivity contribution in [2.45, 2.75) is 31.9 Å². The molecule has 1 amide bonds. The van der Waals surface area contributed by atoms with Gasteiger partial charge in [0, 0.05) is 24.6 Å². The maximum absolute atomic E-state index is 12.2. The van der Waals surface area contributed by atoms with Crippen LogP contribution in [-0.2, 0) is 11.2 Å². The fraction of sp³-hybridized carbons (Fsp3) is 0.429. The third-order valence-corrected chi connectivity index (χ3v) is 3.21. The van der Waals surface area contributed by atoms with Crippen molar-refractivity contribution in [2.24, 2.45) is 0 Å². The van der Waals surface area contributed by atoms with Gasteiger partial charge >= 0.3 is 0 Å². The normalized spacial score (nSPS) is 22.7. The molecule has 1 N–H and O–H groups in total. The van der Waals surface area contributed by atoms with E-state index in [-0.39, 0.29) is 18.1 Å². The summed E-state index contributed by atoms with van der Waals surface area (Å²) in [4.78, 5) is 16.3. The highest BCUT2D eigenvalue weighted by Crippen LogP contribution is 2.16. The highest BCUT2D eigenvalue weighted by Gasteiger charge is 2.27. The summed E-state index contributed by atoms with van der Waals surface area (Å²) in [5.41, 5.74) is 1.66. The molecule has 1 aromatic heterocycles. The third-order valence-electron chi connectivity index (χ3n) is 3.21. The van der Waals surface area contributed by atoms with E-state index in [0.717, 1.165) is 18.4 Å². The summed E-state index contributed by atoms with van der Waals surface area (Å²) in [6, 6.07) is 1.78. The Kier molecular flexibility index (Phi) is 4.10. The van der Waals surface area contributed by atoms with E-state index in [9.17, 15) is 4.79 Å². The molecule has 1 aromatic rings. The van der Waals surface area contributed by atoms with Crippen LogP contribution < -0.4 is 5.32 Å². The molecule has 18 heavy (non-hydrogen) atoms. The largest absolute Gasteiger partial charge is 0.372 e. The van der Waals surface area contributed by atoms with Gasteiger partial charge < -0.3 is 10.1 Å². The van der Waals surface area contributed by atoms with Gasteiger partial charge in [0.15, 0.2) is 0 Å². The minimum atomic E-state index is -0.0825. The first-order chi connectivity index (χ1) is 8.76. The van der Waals surface area contributed by atoms with Crippen LogP contribution in [-0.4, -0.2) is 29.6 Å². The summed E-state index contributed by atoms with van der Waals surface area (Å²) in [6.07, 6.45) is 6.67. The molecule has 0 bridgehead atoms. The number of nitrogens with one attached hydrogen (secondary N) is 1. The molecule has 4 heteroatoms. The molecular formula is C14H18N2O2. The van der Waals surface area contributed by atoms with Crippen LogP contribution in [0.3, 0.4) is 0 Å². The van der Waals surface area contributed by atoms with E-state index in [1.807, 2.05) is 6.92 Å². The molecule has 1 aliphatic rings. The topological polar surface area (TPSA) is 51.2 Å². The van der Waals surface area contributed by atoms with Crippen LogP contribution in [0, 0.1) is 0 Å². The zero-order valence-corrected chi connectivity index (χ0v) is 10.6. The highest BCUT2D eigenvalue weighted by atomic mass is 16.5. The summed E-state index contributed by atoms with van der Waals surface area (Å²) in [6.45, 7) is 6.40. The molecule has 0 unspecified atom stereocenters. The molecule has 2 rings (SSSR count). The van der Waals surface area contributed by atoms with E-state index in [1.54, 1.807) is 24.5 Å². The maximum Gasteiger partial charge on any atom is 0.251 e. The van der Waals surface area contributed by atoms with Crippen molar-refractivity contribution in [3.63, 3.8) is 0 Å². The lowest BCUT2D eigenvalue weighted by molar-refractivity contribution is 0.0899. The fourth-order valence-electron chi connectivity index (χ4n) is 2.17. The minimum Gasteiger partial charge on any atom is -0.372 e. The summed E-state index contributed by atoms with van der Waals surface area (Å²) in [7, 11) is 0. The number of ether oxygens (including phenoxy) is 1.